The highest BCUT2D eigenvalue weighted by Gasteiger charge is 2.26. The van der Waals surface area contributed by atoms with Gasteiger partial charge in [0.05, 0.1) is 6.54 Å². The summed E-state index contributed by atoms with van der Waals surface area (Å²) in [5.74, 6) is 0. The topological polar surface area (TPSA) is 37.8 Å². The number of thioether (sulfide) groups is 1. The van der Waals surface area contributed by atoms with Gasteiger partial charge in [-0.25, -0.2) is 9.97 Å². The molecule has 0 bridgehead atoms. The number of halogens is 3. The van der Waals surface area contributed by atoms with E-state index in [1.807, 2.05) is 26.8 Å². The van der Waals surface area contributed by atoms with Crippen LogP contribution >= 0.6 is 11.8 Å². The van der Waals surface area contributed by atoms with Gasteiger partial charge in [-0.05, 0) is 19.9 Å². The first-order valence-corrected chi connectivity index (χ1v) is 6.40. The second-order valence-corrected chi connectivity index (χ2v) is 5.51. The number of aryl methyl sites for hydroxylation is 2. The van der Waals surface area contributed by atoms with E-state index in [-0.39, 0.29) is 11.8 Å². The van der Waals surface area contributed by atoms with Crippen molar-refractivity contribution in [1.29, 1.82) is 0 Å². The maximum Gasteiger partial charge on any atom is 0.401 e. The van der Waals surface area contributed by atoms with Crippen LogP contribution < -0.4 is 5.32 Å². The highest BCUT2D eigenvalue weighted by Crippen LogP contribution is 2.20. The third kappa shape index (κ3) is 6.20. The molecular formula is C11H16F3N3S. The smallest absolute Gasteiger partial charge is 0.308 e. The summed E-state index contributed by atoms with van der Waals surface area (Å²) in [7, 11) is 0. The minimum atomic E-state index is -4.17. The molecule has 0 aromatic carbocycles. The van der Waals surface area contributed by atoms with Crippen LogP contribution in [0.15, 0.2) is 11.2 Å². The first kappa shape index (κ1) is 15.2. The van der Waals surface area contributed by atoms with Gasteiger partial charge in [0.1, 0.15) is 0 Å². The zero-order valence-electron chi connectivity index (χ0n) is 10.5. The number of nitrogens with zero attached hydrogens (tertiary/aromatic N) is 2. The molecule has 0 amide bonds. The Labute approximate surface area is 109 Å². The van der Waals surface area contributed by atoms with Crippen molar-refractivity contribution in [2.45, 2.75) is 37.4 Å². The monoisotopic (exact) mass is 279 g/mol. The van der Waals surface area contributed by atoms with Crippen molar-refractivity contribution in [1.82, 2.24) is 15.3 Å². The Hall–Kier alpha value is -0.820. The van der Waals surface area contributed by atoms with Gasteiger partial charge in [-0.2, -0.15) is 13.2 Å². The standard InChI is InChI=1S/C11H16F3N3S/c1-7-4-8(2)17-10(16-7)18-9(3)5-15-6-11(12,13)14/h4,9,15H,5-6H2,1-3H3. The summed E-state index contributed by atoms with van der Waals surface area (Å²) in [6.07, 6.45) is -4.17. The van der Waals surface area contributed by atoms with Crippen LogP contribution in [0.4, 0.5) is 13.2 Å². The first-order chi connectivity index (χ1) is 8.26. The number of rotatable bonds is 5. The minimum absolute atomic E-state index is 0.0199. The van der Waals surface area contributed by atoms with Gasteiger partial charge in [0.15, 0.2) is 5.16 Å². The highest BCUT2D eigenvalue weighted by atomic mass is 32.2. The predicted octanol–water partition coefficient (Wildman–Crippen LogP) is 2.73. The average molecular weight is 279 g/mol. The molecule has 0 radical (unpaired) electrons. The maximum absolute atomic E-state index is 11.9. The van der Waals surface area contributed by atoms with Crippen LogP contribution in [0.5, 0.6) is 0 Å². The molecule has 7 heteroatoms. The molecule has 1 aromatic heterocycles. The molecule has 1 unspecified atom stereocenters. The lowest BCUT2D eigenvalue weighted by atomic mass is 10.4. The molecule has 1 atom stereocenters. The van der Waals surface area contributed by atoms with E-state index >= 15 is 0 Å². The van der Waals surface area contributed by atoms with Crippen molar-refractivity contribution in [2.75, 3.05) is 13.1 Å². The Morgan fingerprint density at radius 1 is 1.28 bits per heavy atom. The Kier molecular flexibility index (Phi) is 5.40. The van der Waals surface area contributed by atoms with Gasteiger partial charge < -0.3 is 5.32 Å². The van der Waals surface area contributed by atoms with Crippen LogP contribution in [0.2, 0.25) is 0 Å². The molecule has 0 saturated carbocycles. The zero-order valence-corrected chi connectivity index (χ0v) is 11.3. The summed E-state index contributed by atoms with van der Waals surface area (Å²) in [5.41, 5.74) is 1.72. The molecule has 0 aliphatic heterocycles. The largest absolute Gasteiger partial charge is 0.401 e. The van der Waals surface area contributed by atoms with Crippen LogP contribution in [0, 0.1) is 13.8 Å². The van der Waals surface area contributed by atoms with Gasteiger partial charge in [0, 0.05) is 23.2 Å². The van der Waals surface area contributed by atoms with Crippen molar-refractivity contribution in [3.63, 3.8) is 0 Å². The van der Waals surface area contributed by atoms with Gasteiger partial charge in [-0.3, -0.25) is 0 Å². The SMILES string of the molecule is Cc1cc(C)nc(SC(C)CNCC(F)(F)F)n1. The van der Waals surface area contributed by atoms with Crippen molar-refractivity contribution in [3.05, 3.63) is 17.5 Å². The fourth-order valence-corrected chi connectivity index (χ4v) is 2.34. The van der Waals surface area contributed by atoms with E-state index < -0.39 is 12.7 Å². The molecule has 1 heterocycles. The summed E-state index contributed by atoms with van der Waals surface area (Å²) >= 11 is 1.37. The molecule has 0 saturated heterocycles. The maximum atomic E-state index is 11.9. The van der Waals surface area contributed by atoms with Gasteiger partial charge in [-0.15, -0.1) is 0 Å². The van der Waals surface area contributed by atoms with Crippen LogP contribution in [-0.2, 0) is 0 Å². The van der Waals surface area contributed by atoms with E-state index in [1.54, 1.807) is 0 Å². The van der Waals surface area contributed by atoms with Crippen molar-refractivity contribution in [3.8, 4) is 0 Å². The van der Waals surface area contributed by atoms with Crippen LogP contribution in [0.25, 0.3) is 0 Å². The summed E-state index contributed by atoms with van der Waals surface area (Å²) in [6, 6.07) is 1.86. The molecule has 0 fully saturated rings. The van der Waals surface area contributed by atoms with Crippen molar-refractivity contribution >= 4 is 11.8 Å². The van der Waals surface area contributed by atoms with E-state index in [4.69, 9.17) is 0 Å². The molecule has 0 spiro atoms. The summed E-state index contributed by atoms with van der Waals surface area (Å²) in [6.45, 7) is 4.87. The highest BCUT2D eigenvalue weighted by molar-refractivity contribution is 7.99. The first-order valence-electron chi connectivity index (χ1n) is 5.52. The third-order valence-electron chi connectivity index (χ3n) is 2.03. The van der Waals surface area contributed by atoms with Gasteiger partial charge >= 0.3 is 6.18 Å². The molecule has 0 aliphatic carbocycles. The molecule has 102 valence electrons. The third-order valence-corrected chi connectivity index (χ3v) is 2.99. The fourth-order valence-electron chi connectivity index (χ4n) is 1.39. The number of aromatic nitrogens is 2. The lowest BCUT2D eigenvalue weighted by molar-refractivity contribution is -0.124. The van der Waals surface area contributed by atoms with E-state index in [0.717, 1.165) is 11.4 Å². The zero-order chi connectivity index (χ0) is 13.8. The lowest BCUT2D eigenvalue weighted by Gasteiger charge is -2.13. The van der Waals surface area contributed by atoms with Crippen molar-refractivity contribution in [2.24, 2.45) is 0 Å². The predicted molar refractivity (Wildman–Crippen MR) is 65.7 cm³/mol. The molecule has 1 aromatic rings. The summed E-state index contributed by atoms with van der Waals surface area (Å²) in [5, 5.41) is 2.96. The second kappa shape index (κ2) is 6.38. The van der Waals surface area contributed by atoms with Crippen LogP contribution in [0.3, 0.4) is 0 Å². The van der Waals surface area contributed by atoms with Crippen LogP contribution in [0.1, 0.15) is 18.3 Å². The lowest BCUT2D eigenvalue weighted by Crippen LogP contribution is -2.32. The molecule has 1 rings (SSSR count). The van der Waals surface area contributed by atoms with E-state index in [0.29, 0.717) is 5.16 Å². The molecule has 0 aliphatic rings. The van der Waals surface area contributed by atoms with Gasteiger partial charge in [0.25, 0.3) is 0 Å². The average Bonchev–Trinajstić information content (AvgIpc) is 2.12. The van der Waals surface area contributed by atoms with Gasteiger partial charge in [0.2, 0.25) is 0 Å². The summed E-state index contributed by atoms with van der Waals surface area (Å²) in [4.78, 5) is 8.47. The molecule has 1 N–H and O–H groups in total. The summed E-state index contributed by atoms with van der Waals surface area (Å²) < 4.78 is 35.8. The second-order valence-electron chi connectivity index (χ2n) is 4.11. The van der Waals surface area contributed by atoms with E-state index in [9.17, 15) is 13.2 Å². The number of alkyl halides is 3. The Morgan fingerprint density at radius 3 is 2.33 bits per heavy atom. The van der Waals surface area contributed by atoms with Crippen LogP contribution in [-0.4, -0.2) is 34.5 Å². The Morgan fingerprint density at radius 2 is 1.83 bits per heavy atom. The Balaban J connectivity index is 2.42. The molecule has 3 nitrogen and oxygen atoms in total. The number of hydrogen-bond acceptors (Lipinski definition) is 4. The minimum Gasteiger partial charge on any atom is -0.308 e. The normalized spacial score (nSPS) is 13.7. The fraction of sp³-hybridized carbons (Fsp3) is 0.636. The van der Waals surface area contributed by atoms with Crippen molar-refractivity contribution < 1.29 is 13.2 Å². The molecular weight excluding hydrogens is 263 g/mol. The van der Waals surface area contributed by atoms with E-state index in [1.165, 1.54) is 11.8 Å². The quantitative estimate of drug-likeness (QED) is 0.664. The van der Waals surface area contributed by atoms with E-state index in [2.05, 4.69) is 15.3 Å². The molecule has 18 heavy (non-hydrogen) atoms. The Bertz CT molecular complexity index is 375. The number of nitrogens with one attached hydrogen (secondary N) is 1. The number of hydrogen-bond donors (Lipinski definition) is 1. The van der Waals surface area contributed by atoms with Gasteiger partial charge in [-0.1, -0.05) is 18.7 Å².